The molecule has 0 amide bonds. The molecule has 2 rings (SSSR count). The molecule has 0 atom stereocenters. The first-order chi connectivity index (χ1) is 9.32. The number of hydrogen-bond donors (Lipinski definition) is 0. The van der Waals surface area contributed by atoms with Crippen molar-refractivity contribution in [1.82, 2.24) is 0 Å². The van der Waals surface area contributed by atoms with Gasteiger partial charge in [-0.3, -0.25) is 0 Å². The van der Waals surface area contributed by atoms with Crippen molar-refractivity contribution >= 4 is 5.97 Å². The molecule has 0 saturated heterocycles. The molecule has 106 valence electrons. The van der Waals surface area contributed by atoms with Crippen LogP contribution in [0.15, 0.2) is 34.7 Å². The van der Waals surface area contributed by atoms with E-state index in [1.807, 2.05) is 0 Å². The second-order valence-corrected chi connectivity index (χ2v) is 4.15. The second kappa shape index (κ2) is 5.03. The molecule has 0 aliphatic heterocycles. The second-order valence-electron chi connectivity index (χ2n) is 4.15. The van der Waals surface area contributed by atoms with Crippen LogP contribution >= 0.6 is 0 Å². The Kier molecular flexibility index (Phi) is 3.57. The molecule has 0 fully saturated rings. The first-order valence-corrected chi connectivity index (χ1v) is 5.69. The maximum absolute atomic E-state index is 12.6. The topological polar surface area (TPSA) is 39.4 Å². The molecule has 0 spiro atoms. The van der Waals surface area contributed by atoms with E-state index in [4.69, 9.17) is 4.42 Å². The minimum atomic E-state index is -4.43. The van der Waals surface area contributed by atoms with Crippen molar-refractivity contribution in [2.24, 2.45) is 0 Å². The van der Waals surface area contributed by atoms with Crippen LogP contribution < -0.4 is 0 Å². The summed E-state index contributed by atoms with van der Waals surface area (Å²) in [6.07, 6.45) is -4.43. The van der Waals surface area contributed by atoms with Gasteiger partial charge in [0.25, 0.3) is 0 Å². The number of methoxy groups -OCH3 is 1. The number of aryl methyl sites for hydroxylation is 1. The minimum Gasteiger partial charge on any atom is -0.465 e. The van der Waals surface area contributed by atoms with E-state index in [0.29, 0.717) is 5.76 Å². The number of alkyl halides is 3. The van der Waals surface area contributed by atoms with Crippen LogP contribution in [0.2, 0.25) is 0 Å². The van der Waals surface area contributed by atoms with Crippen molar-refractivity contribution in [3.05, 3.63) is 47.2 Å². The summed E-state index contributed by atoms with van der Waals surface area (Å²) in [6.45, 7) is 1.55. The van der Waals surface area contributed by atoms with Gasteiger partial charge < -0.3 is 9.15 Å². The average molecular weight is 284 g/mol. The van der Waals surface area contributed by atoms with E-state index in [-0.39, 0.29) is 16.9 Å². The molecule has 0 aliphatic rings. The van der Waals surface area contributed by atoms with Crippen molar-refractivity contribution in [2.45, 2.75) is 13.1 Å². The van der Waals surface area contributed by atoms with E-state index in [0.717, 1.165) is 12.1 Å². The van der Waals surface area contributed by atoms with Gasteiger partial charge in [0.05, 0.1) is 12.7 Å². The molecule has 6 heteroatoms. The van der Waals surface area contributed by atoms with Gasteiger partial charge in [-0.15, -0.1) is 0 Å². The average Bonchev–Trinajstić information content (AvgIpc) is 2.79. The van der Waals surface area contributed by atoms with Gasteiger partial charge in [-0.25, -0.2) is 4.79 Å². The fourth-order valence-electron chi connectivity index (χ4n) is 1.79. The highest BCUT2D eigenvalue weighted by Gasteiger charge is 2.30. The highest BCUT2D eigenvalue weighted by Crippen LogP contribution is 2.33. The number of ether oxygens (including phenoxy) is 1. The lowest BCUT2D eigenvalue weighted by atomic mass is 10.1. The largest absolute Gasteiger partial charge is 0.465 e. The molecule has 1 aromatic carbocycles. The van der Waals surface area contributed by atoms with Crippen LogP contribution in [0.4, 0.5) is 13.2 Å². The summed E-state index contributed by atoms with van der Waals surface area (Å²) < 4.78 is 47.8. The molecular weight excluding hydrogens is 273 g/mol. The zero-order valence-corrected chi connectivity index (χ0v) is 10.7. The van der Waals surface area contributed by atoms with Gasteiger partial charge in [0, 0.05) is 5.56 Å². The van der Waals surface area contributed by atoms with E-state index in [1.165, 1.54) is 25.3 Å². The standard InChI is InChI=1S/C14H11F3O3/c1-8-11(13(18)19-2)7-12(20-8)9-4-3-5-10(6-9)14(15,16)17/h3-7H,1-2H3. The van der Waals surface area contributed by atoms with Gasteiger partial charge in [-0.05, 0) is 25.1 Å². The molecule has 0 bridgehead atoms. The third-order valence-corrected chi connectivity index (χ3v) is 2.80. The molecule has 0 saturated carbocycles. The summed E-state index contributed by atoms with van der Waals surface area (Å²) in [7, 11) is 1.22. The lowest BCUT2D eigenvalue weighted by Crippen LogP contribution is -2.04. The lowest BCUT2D eigenvalue weighted by molar-refractivity contribution is -0.137. The summed E-state index contributed by atoms with van der Waals surface area (Å²) in [5.74, 6) is -0.109. The quantitative estimate of drug-likeness (QED) is 0.781. The Balaban J connectivity index is 2.45. The molecule has 3 nitrogen and oxygen atoms in total. The zero-order valence-electron chi connectivity index (χ0n) is 10.7. The summed E-state index contributed by atoms with van der Waals surface area (Å²) in [4.78, 5) is 11.4. The Morgan fingerprint density at radius 1 is 1.25 bits per heavy atom. The van der Waals surface area contributed by atoms with Crippen molar-refractivity contribution in [3.63, 3.8) is 0 Å². The van der Waals surface area contributed by atoms with E-state index >= 15 is 0 Å². The van der Waals surface area contributed by atoms with Gasteiger partial charge in [0.2, 0.25) is 0 Å². The van der Waals surface area contributed by atoms with Gasteiger partial charge in [-0.1, -0.05) is 12.1 Å². The fourth-order valence-corrected chi connectivity index (χ4v) is 1.79. The Bertz CT molecular complexity index is 641. The van der Waals surface area contributed by atoms with E-state index in [1.54, 1.807) is 6.92 Å². The number of hydrogen-bond acceptors (Lipinski definition) is 3. The minimum absolute atomic E-state index is 0.189. The normalized spacial score (nSPS) is 11.4. The summed E-state index contributed by atoms with van der Waals surface area (Å²) in [6, 6.07) is 6.08. The summed E-state index contributed by atoms with van der Waals surface area (Å²) in [5, 5.41) is 0. The van der Waals surface area contributed by atoms with Crippen LogP contribution in [0.5, 0.6) is 0 Å². The maximum atomic E-state index is 12.6. The SMILES string of the molecule is COC(=O)c1cc(-c2cccc(C(F)(F)F)c2)oc1C. The third-order valence-electron chi connectivity index (χ3n) is 2.80. The van der Waals surface area contributed by atoms with E-state index < -0.39 is 17.7 Å². The number of benzene rings is 1. The monoisotopic (exact) mass is 284 g/mol. The fraction of sp³-hybridized carbons (Fsp3) is 0.214. The Hall–Kier alpha value is -2.24. The number of furan rings is 1. The Morgan fingerprint density at radius 3 is 2.55 bits per heavy atom. The van der Waals surface area contributed by atoms with Crippen LogP contribution in [-0.4, -0.2) is 13.1 Å². The van der Waals surface area contributed by atoms with Crippen molar-refractivity contribution < 1.29 is 27.1 Å². The molecule has 0 N–H and O–H groups in total. The number of carbonyl (C=O) groups is 1. The van der Waals surface area contributed by atoms with Crippen LogP contribution in [0.25, 0.3) is 11.3 Å². The van der Waals surface area contributed by atoms with Crippen molar-refractivity contribution in [2.75, 3.05) is 7.11 Å². The third kappa shape index (κ3) is 2.68. The number of carbonyl (C=O) groups excluding carboxylic acids is 1. The first kappa shape index (κ1) is 14.2. The van der Waals surface area contributed by atoms with E-state index in [9.17, 15) is 18.0 Å². The Morgan fingerprint density at radius 2 is 1.95 bits per heavy atom. The highest BCUT2D eigenvalue weighted by atomic mass is 19.4. The summed E-state index contributed by atoms with van der Waals surface area (Å²) >= 11 is 0. The van der Waals surface area contributed by atoms with Crippen LogP contribution in [-0.2, 0) is 10.9 Å². The zero-order chi connectivity index (χ0) is 14.9. The molecule has 0 radical (unpaired) electrons. The lowest BCUT2D eigenvalue weighted by Gasteiger charge is -2.07. The molecular formula is C14H11F3O3. The number of rotatable bonds is 2. The van der Waals surface area contributed by atoms with Crippen molar-refractivity contribution in [1.29, 1.82) is 0 Å². The van der Waals surface area contributed by atoms with Gasteiger partial charge >= 0.3 is 12.1 Å². The molecule has 2 aromatic rings. The predicted octanol–water partition coefficient (Wildman–Crippen LogP) is 4.06. The predicted molar refractivity (Wildman–Crippen MR) is 65.2 cm³/mol. The van der Waals surface area contributed by atoms with E-state index in [2.05, 4.69) is 4.74 Å². The summed E-state index contributed by atoms with van der Waals surface area (Å²) in [5.41, 5.74) is -0.332. The Labute approximate surface area is 113 Å². The number of esters is 1. The van der Waals surface area contributed by atoms with Gasteiger partial charge in [0.1, 0.15) is 17.1 Å². The van der Waals surface area contributed by atoms with Crippen molar-refractivity contribution in [3.8, 4) is 11.3 Å². The van der Waals surface area contributed by atoms with Crippen LogP contribution in [0, 0.1) is 6.92 Å². The maximum Gasteiger partial charge on any atom is 0.416 e. The molecule has 1 heterocycles. The van der Waals surface area contributed by atoms with Crippen LogP contribution in [0.1, 0.15) is 21.7 Å². The highest BCUT2D eigenvalue weighted by molar-refractivity contribution is 5.91. The van der Waals surface area contributed by atoms with Gasteiger partial charge in [0.15, 0.2) is 0 Å². The first-order valence-electron chi connectivity index (χ1n) is 5.69. The van der Waals surface area contributed by atoms with Crippen LogP contribution in [0.3, 0.4) is 0 Å². The molecule has 0 unspecified atom stereocenters. The molecule has 1 aromatic heterocycles. The van der Waals surface area contributed by atoms with Gasteiger partial charge in [-0.2, -0.15) is 13.2 Å². The smallest absolute Gasteiger partial charge is 0.416 e. The molecule has 20 heavy (non-hydrogen) atoms. The number of halogens is 3. The molecule has 0 aliphatic carbocycles.